The first-order valence-electron chi connectivity index (χ1n) is 7.98. The fourth-order valence-corrected chi connectivity index (χ4v) is 3.46. The van der Waals surface area contributed by atoms with Gasteiger partial charge in [-0.05, 0) is 49.2 Å². The lowest BCUT2D eigenvalue weighted by atomic mass is 10.1. The molecule has 2 aromatic rings. The van der Waals surface area contributed by atoms with Gasteiger partial charge < -0.3 is 10.2 Å². The van der Waals surface area contributed by atoms with Crippen molar-refractivity contribution >= 4 is 46.4 Å². The number of benzene rings is 2. The van der Waals surface area contributed by atoms with Crippen LogP contribution in [0.3, 0.4) is 0 Å². The number of carbonyl (C=O) groups excluding carboxylic acids is 2. The summed E-state index contributed by atoms with van der Waals surface area (Å²) in [6, 6.07) is 10.7. The Kier molecular flexibility index (Phi) is 5.02. The minimum Gasteiger partial charge on any atom is -0.326 e. The summed E-state index contributed by atoms with van der Waals surface area (Å²) in [5.74, 6) is -0.678. The van der Waals surface area contributed by atoms with Gasteiger partial charge in [-0.2, -0.15) is 0 Å². The van der Waals surface area contributed by atoms with E-state index in [9.17, 15) is 9.59 Å². The highest BCUT2D eigenvalue weighted by atomic mass is 35.5. The van der Waals surface area contributed by atoms with Crippen molar-refractivity contribution in [3.63, 3.8) is 0 Å². The van der Waals surface area contributed by atoms with E-state index in [2.05, 4.69) is 5.32 Å². The van der Waals surface area contributed by atoms with E-state index in [0.29, 0.717) is 22.3 Å². The van der Waals surface area contributed by atoms with Crippen molar-refractivity contribution in [1.82, 2.24) is 0 Å². The predicted molar refractivity (Wildman–Crippen MR) is 101 cm³/mol. The van der Waals surface area contributed by atoms with Crippen LogP contribution in [-0.4, -0.2) is 18.4 Å². The van der Waals surface area contributed by atoms with Crippen LogP contribution >= 0.6 is 23.2 Å². The third kappa shape index (κ3) is 3.80. The molecule has 1 aliphatic heterocycles. The van der Waals surface area contributed by atoms with Crippen LogP contribution in [0.4, 0.5) is 11.4 Å². The van der Waals surface area contributed by atoms with Crippen molar-refractivity contribution in [2.24, 2.45) is 5.92 Å². The van der Waals surface area contributed by atoms with Crippen molar-refractivity contribution in [1.29, 1.82) is 0 Å². The van der Waals surface area contributed by atoms with E-state index in [1.54, 1.807) is 23.1 Å². The monoisotopic (exact) mass is 376 g/mol. The molecule has 3 rings (SSSR count). The summed E-state index contributed by atoms with van der Waals surface area (Å²) in [6.07, 6.45) is 0.167. The average molecular weight is 377 g/mol. The zero-order chi connectivity index (χ0) is 18.1. The number of nitrogens with zero attached hydrogens (tertiary/aromatic N) is 1. The van der Waals surface area contributed by atoms with Gasteiger partial charge >= 0.3 is 0 Å². The minimum absolute atomic E-state index is 0.112. The molecule has 0 bridgehead atoms. The Hall–Kier alpha value is -2.04. The number of nitrogens with one attached hydrogen (secondary N) is 1. The van der Waals surface area contributed by atoms with Crippen LogP contribution in [0.15, 0.2) is 36.4 Å². The third-order valence-electron chi connectivity index (χ3n) is 4.52. The zero-order valence-corrected chi connectivity index (χ0v) is 15.5. The Morgan fingerprint density at radius 2 is 1.84 bits per heavy atom. The lowest BCUT2D eigenvalue weighted by Crippen LogP contribution is -2.28. The van der Waals surface area contributed by atoms with E-state index < -0.39 is 5.92 Å². The number of amides is 2. The maximum absolute atomic E-state index is 12.6. The number of hydrogen-bond acceptors (Lipinski definition) is 2. The minimum atomic E-state index is -0.412. The lowest BCUT2D eigenvalue weighted by molar-refractivity contribution is -0.122. The second-order valence-electron chi connectivity index (χ2n) is 6.27. The van der Waals surface area contributed by atoms with E-state index >= 15 is 0 Å². The molecule has 0 radical (unpaired) electrons. The summed E-state index contributed by atoms with van der Waals surface area (Å²) < 4.78 is 0. The molecule has 25 heavy (non-hydrogen) atoms. The molecule has 0 aliphatic carbocycles. The number of rotatable bonds is 3. The molecule has 1 aliphatic rings. The lowest BCUT2D eigenvalue weighted by Gasteiger charge is -2.18. The fraction of sp³-hybridized carbons (Fsp3) is 0.263. The molecule has 130 valence electrons. The van der Waals surface area contributed by atoms with Crippen molar-refractivity contribution in [3.8, 4) is 0 Å². The number of aryl methyl sites for hydroxylation is 1. The Labute approximate surface area is 156 Å². The summed E-state index contributed by atoms with van der Waals surface area (Å²) >= 11 is 12.0. The molecule has 6 heteroatoms. The summed E-state index contributed by atoms with van der Waals surface area (Å²) in [5, 5.41) is 3.85. The van der Waals surface area contributed by atoms with E-state index in [4.69, 9.17) is 23.2 Å². The molecule has 1 atom stereocenters. The van der Waals surface area contributed by atoms with E-state index in [1.807, 2.05) is 32.0 Å². The number of halogens is 2. The van der Waals surface area contributed by atoms with E-state index in [0.717, 1.165) is 16.8 Å². The smallest absolute Gasteiger partial charge is 0.229 e. The Morgan fingerprint density at radius 1 is 1.16 bits per heavy atom. The molecule has 1 heterocycles. The molecule has 2 aromatic carbocycles. The van der Waals surface area contributed by atoms with Crippen LogP contribution in [0.1, 0.15) is 17.5 Å². The number of anilines is 2. The van der Waals surface area contributed by atoms with Gasteiger partial charge in [-0.1, -0.05) is 35.3 Å². The highest BCUT2D eigenvalue weighted by molar-refractivity contribution is 6.35. The summed E-state index contributed by atoms with van der Waals surface area (Å²) in [5.41, 5.74) is 3.53. The van der Waals surface area contributed by atoms with Gasteiger partial charge in [0.1, 0.15) is 0 Å². The molecule has 1 N–H and O–H groups in total. The molecular formula is C19H18Cl2N2O2. The molecule has 0 spiro atoms. The van der Waals surface area contributed by atoms with Gasteiger partial charge in [0.05, 0.1) is 5.92 Å². The Bertz CT molecular complexity index is 831. The van der Waals surface area contributed by atoms with Crippen LogP contribution in [0.5, 0.6) is 0 Å². The first kappa shape index (κ1) is 17.8. The molecule has 4 nitrogen and oxygen atoms in total. The topological polar surface area (TPSA) is 49.4 Å². The van der Waals surface area contributed by atoms with Crippen LogP contribution in [0.2, 0.25) is 10.0 Å². The van der Waals surface area contributed by atoms with Gasteiger partial charge in [-0.25, -0.2) is 0 Å². The van der Waals surface area contributed by atoms with Gasteiger partial charge in [0.15, 0.2) is 0 Å². The first-order chi connectivity index (χ1) is 11.8. The van der Waals surface area contributed by atoms with Crippen molar-refractivity contribution in [2.45, 2.75) is 20.3 Å². The molecular weight excluding hydrogens is 359 g/mol. The van der Waals surface area contributed by atoms with Crippen LogP contribution in [0.25, 0.3) is 0 Å². The van der Waals surface area contributed by atoms with Crippen LogP contribution in [-0.2, 0) is 9.59 Å². The third-order valence-corrected chi connectivity index (χ3v) is 4.95. The molecule has 2 amide bonds. The van der Waals surface area contributed by atoms with Crippen LogP contribution in [0, 0.1) is 19.8 Å². The molecule has 1 saturated heterocycles. The molecule has 1 unspecified atom stereocenters. The second kappa shape index (κ2) is 7.06. The SMILES string of the molecule is Cc1cccc(NC(=O)C2CC(=O)N(c3cc(Cl)cc(Cl)c3)C2)c1C. The second-order valence-corrected chi connectivity index (χ2v) is 7.14. The maximum Gasteiger partial charge on any atom is 0.229 e. The predicted octanol–water partition coefficient (Wildman–Crippen LogP) is 4.60. The first-order valence-corrected chi connectivity index (χ1v) is 8.74. The van der Waals surface area contributed by atoms with Crippen LogP contribution < -0.4 is 10.2 Å². The normalized spacial score (nSPS) is 17.0. The van der Waals surface area contributed by atoms with Gasteiger partial charge in [0, 0.05) is 34.4 Å². The van der Waals surface area contributed by atoms with E-state index in [-0.39, 0.29) is 18.2 Å². The highest BCUT2D eigenvalue weighted by Gasteiger charge is 2.35. The van der Waals surface area contributed by atoms with Gasteiger partial charge in [0.2, 0.25) is 11.8 Å². The summed E-state index contributed by atoms with van der Waals surface area (Å²) in [6.45, 7) is 4.27. The van der Waals surface area contributed by atoms with Crippen molar-refractivity contribution in [3.05, 3.63) is 57.6 Å². The standard InChI is InChI=1S/C19H18Cl2N2O2/c1-11-4-3-5-17(12(11)2)22-19(25)13-6-18(24)23(10-13)16-8-14(20)7-15(21)9-16/h3-5,7-9,13H,6,10H2,1-2H3,(H,22,25). The Morgan fingerprint density at radius 3 is 2.52 bits per heavy atom. The summed E-state index contributed by atoms with van der Waals surface area (Å²) in [7, 11) is 0. The van der Waals surface area contributed by atoms with Gasteiger partial charge in [0.25, 0.3) is 0 Å². The fourth-order valence-electron chi connectivity index (χ4n) is 2.95. The maximum atomic E-state index is 12.6. The molecule has 0 aromatic heterocycles. The molecule has 1 fully saturated rings. The zero-order valence-electron chi connectivity index (χ0n) is 14.0. The largest absolute Gasteiger partial charge is 0.326 e. The number of carbonyl (C=O) groups is 2. The van der Waals surface area contributed by atoms with Crippen molar-refractivity contribution in [2.75, 3.05) is 16.8 Å². The number of hydrogen-bond donors (Lipinski definition) is 1. The highest BCUT2D eigenvalue weighted by Crippen LogP contribution is 2.31. The van der Waals surface area contributed by atoms with Crippen molar-refractivity contribution < 1.29 is 9.59 Å². The quantitative estimate of drug-likeness (QED) is 0.850. The van der Waals surface area contributed by atoms with Gasteiger partial charge in [-0.3, -0.25) is 9.59 Å². The van der Waals surface area contributed by atoms with E-state index in [1.165, 1.54) is 0 Å². The Balaban J connectivity index is 1.75. The average Bonchev–Trinajstić information content (AvgIpc) is 2.93. The molecule has 0 saturated carbocycles. The summed E-state index contributed by atoms with van der Waals surface area (Å²) in [4.78, 5) is 26.5. The van der Waals surface area contributed by atoms with Gasteiger partial charge in [-0.15, -0.1) is 0 Å².